The molecule has 6 nitrogen and oxygen atoms in total. The van der Waals surface area contributed by atoms with E-state index in [1.807, 2.05) is 27.7 Å². The zero-order valence-electron chi connectivity index (χ0n) is 20.4. The SMILES string of the molecule is Cc1ccc(S(=O)(=O)N2C[C@H](C(=O)N[C@H](C)c3cc(C)c(C)cc3C)Oc3ccc(Cl)cc32)cc1. The van der Waals surface area contributed by atoms with Crippen LogP contribution in [0.2, 0.25) is 5.02 Å². The third-order valence-corrected chi connectivity index (χ3v) is 8.43. The smallest absolute Gasteiger partial charge is 0.264 e. The number of hydrogen-bond donors (Lipinski definition) is 1. The van der Waals surface area contributed by atoms with Gasteiger partial charge in [0.1, 0.15) is 5.75 Å². The predicted octanol–water partition coefficient (Wildman–Crippen LogP) is 5.41. The van der Waals surface area contributed by atoms with Crippen LogP contribution in [0.4, 0.5) is 5.69 Å². The number of carbonyl (C=O) groups is 1. The number of hydrogen-bond acceptors (Lipinski definition) is 4. The molecule has 1 aliphatic rings. The van der Waals surface area contributed by atoms with Crippen molar-refractivity contribution in [2.24, 2.45) is 0 Å². The second-order valence-corrected chi connectivity index (χ2v) is 11.4. The number of ether oxygens (including phenoxy) is 1. The molecule has 2 atom stereocenters. The maximum atomic E-state index is 13.6. The van der Waals surface area contributed by atoms with E-state index in [0.29, 0.717) is 10.7 Å². The van der Waals surface area contributed by atoms with Crippen LogP contribution >= 0.6 is 11.6 Å². The van der Waals surface area contributed by atoms with Gasteiger partial charge in [-0.3, -0.25) is 9.10 Å². The standard InChI is InChI=1S/C27H29ClN2O4S/c1-16-6-9-22(10-7-16)35(32,33)30-15-26(34-25-11-8-21(28)14-24(25)30)27(31)29-20(5)23-13-18(3)17(2)12-19(23)4/h6-14,20,26H,15H2,1-5H3,(H,29,31)/t20-,26-/m1/s1. The lowest BCUT2D eigenvalue weighted by Crippen LogP contribution is -2.51. The maximum Gasteiger partial charge on any atom is 0.264 e. The summed E-state index contributed by atoms with van der Waals surface area (Å²) in [5.41, 5.74) is 5.67. The average molecular weight is 513 g/mol. The van der Waals surface area contributed by atoms with E-state index in [1.54, 1.807) is 36.4 Å². The van der Waals surface area contributed by atoms with Crippen molar-refractivity contribution in [1.82, 2.24) is 5.32 Å². The quantitative estimate of drug-likeness (QED) is 0.496. The summed E-state index contributed by atoms with van der Waals surface area (Å²) in [5.74, 6) is -0.105. The molecule has 0 spiro atoms. The number of carbonyl (C=O) groups excluding carboxylic acids is 1. The molecule has 0 unspecified atom stereocenters. The lowest BCUT2D eigenvalue weighted by molar-refractivity contribution is -0.128. The minimum absolute atomic E-state index is 0.134. The van der Waals surface area contributed by atoms with Crippen LogP contribution in [-0.2, 0) is 14.8 Å². The van der Waals surface area contributed by atoms with Crippen LogP contribution in [0.1, 0.15) is 40.8 Å². The molecule has 0 saturated heterocycles. The highest BCUT2D eigenvalue weighted by Gasteiger charge is 2.38. The van der Waals surface area contributed by atoms with Crippen LogP contribution in [0.15, 0.2) is 59.5 Å². The van der Waals surface area contributed by atoms with Crippen LogP contribution in [-0.4, -0.2) is 27.0 Å². The van der Waals surface area contributed by atoms with Crippen molar-refractivity contribution in [2.75, 3.05) is 10.8 Å². The Labute approximate surface area is 211 Å². The van der Waals surface area contributed by atoms with Gasteiger partial charge >= 0.3 is 0 Å². The van der Waals surface area contributed by atoms with Gasteiger partial charge in [0.15, 0.2) is 6.10 Å². The molecule has 1 amide bonds. The molecule has 1 heterocycles. The van der Waals surface area contributed by atoms with Gasteiger partial charge in [-0.15, -0.1) is 0 Å². The van der Waals surface area contributed by atoms with E-state index < -0.39 is 16.1 Å². The molecule has 0 aliphatic carbocycles. The Morgan fingerprint density at radius 3 is 2.34 bits per heavy atom. The van der Waals surface area contributed by atoms with Crippen LogP contribution in [0.5, 0.6) is 5.75 Å². The minimum Gasteiger partial charge on any atom is -0.476 e. The molecule has 0 saturated carbocycles. The number of nitrogens with zero attached hydrogens (tertiary/aromatic N) is 1. The molecule has 0 bridgehead atoms. The second kappa shape index (κ2) is 9.55. The van der Waals surface area contributed by atoms with E-state index in [1.165, 1.54) is 15.9 Å². The molecular weight excluding hydrogens is 484 g/mol. The zero-order valence-corrected chi connectivity index (χ0v) is 22.0. The van der Waals surface area contributed by atoms with Gasteiger partial charge < -0.3 is 10.1 Å². The molecule has 3 aromatic rings. The fourth-order valence-electron chi connectivity index (χ4n) is 4.26. The van der Waals surface area contributed by atoms with Crippen LogP contribution in [0.3, 0.4) is 0 Å². The van der Waals surface area contributed by atoms with Crippen molar-refractivity contribution >= 4 is 33.2 Å². The van der Waals surface area contributed by atoms with Crippen molar-refractivity contribution < 1.29 is 17.9 Å². The molecule has 1 N–H and O–H groups in total. The second-order valence-electron chi connectivity index (χ2n) is 9.09. The molecule has 184 valence electrons. The van der Waals surface area contributed by atoms with Crippen LogP contribution in [0.25, 0.3) is 0 Å². The number of nitrogens with one attached hydrogen (secondary N) is 1. The zero-order chi connectivity index (χ0) is 25.5. The summed E-state index contributed by atoms with van der Waals surface area (Å²) < 4.78 is 34.4. The fraction of sp³-hybridized carbons (Fsp3) is 0.296. The average Bonchev–Trinajstić information content (AvgIpc) is 2.80. The van der Waals surface area contributed by atoms with Gasteiger partial charge in [-0.05, 0) is 87.2 Å². The van der Waals surface area contributed by atoms with Gasteiger partial charge in [0.25, 0.3) is 15.9 Å². The van der Waals surface area contributed by atoms with Gasteiger partial charge in [0.2, 0.25) is 0 Å². The first kappa shape index (κ1) is 25.1. The van der Waals surface area contributed by atoms with Crippen molar-refractivity contribution in [3.63, 3.8) is 0 Å². The summed E-state index contributed by atoms with van der Waals surface area (Å²) in [7, 11) is -3.96. The Kier molecular flexibility index (Phi) is 6.84. The van der Waals surface area contributed by atoms with Crippen LogP contribution < -0.4 is 14.4 Å². The first-order valence-corrected chi connectivity index (χ1v) is 13.2. The molecule has 1 aliphatic heterocycles. The number of sulfonamides is 1. The maximum absolute atomic E-state index is 13.6. The number of aryl methyl sites for hydroxylation is 4. The fourth-order valence-corrected chi connectivity index (χ4v) is 5.89. The number of rotatable bonds is 5. The van der Waals surface area contributed by atoms with Gasteiger partial charge in [0, 0.05) is 5.02 Å². The van der Waals surface area contributed by atoms with Gasteiger partial charge in [-0.1, -0.05) is 41.4 Å². The Morgan fingerprint density at radius 2 is 1.66 bits per heavy atom. The number of halogens is 1. The summed E-state index contributed by atoms with van der Waals surface area (Å²) in [6.45, 7) is 9.72. The van der Waals surface area contributed by atoms with E-state index in [0.717, 1.165) is 22.3 Å². The Balaban J connectivity index is 1.65. The summed E-state index contributed by atoms with van der Waals surface area (Å²) in [5, 5.41) is 3.38. The Hall–Kier alpha value is -3.03. The molecule has 8 heteroatoms. The van der Waals surface area contributed by atoms with Crippen molar-refractivity contribution in [3.05, 3.63) is 87.4 Å². The molecule has 0 radical (unpaired) electrons. The number of anilines is 1. The summed E-state index contributed by atoms with van der Waals surface area (Å²) in [4.78, 5) is 13.4. The lowest BCUT2D eigenvalue weighted by Gasteiger charge is -2.35. The summed E-state index contributed by atoms with van der Waals surface area (Å²) in [6, 6.07) is 15.2. The van der Waals surface area contributed by atoms with Gasteiger partial charge in [-0.2, -0.15) is 0 Å². The van der Waals surface area contributed by atoms with E-state index in [4.69, 9.17) is 16.3 Å². The molecular formula is C27H29ClN2O4S. The molecule has 4 rings (SSSR count). The predicted molar refractivity (Wildman–Crippen MR) is 139 cm³/mol. The first-order chi connectivity index (χ1) is 16.5. The number of fused-ring (bicyclic) bond motifs is 1. The number of amides is 1. The highest BCUT2D eigenvalue weighted by Crippen LogP contribution is 2.39. The normalized spacial score (nSPS) is 16.3. The highest BCUT2D eigenvalue weighted by molar-refractivity contribution is 7.92. The van der Waals surface area contributed by atoms with Gasteiger partial charge in [-0.25, -0.2) is 8.42 Å². The minimum atomic E-state index is -3.96. The van der Waals surface area contributed by atoms with E-state index in [-0.39, 0.29) is 29.1 Å². The lowest BCUT2D eigenvalue weighted by atomic mass is 9.96. The van der Waals surface area contributed by atoms with E-state index in [9.17, 15) is 13.2 Å². The number of benzene rings is 3. The topological polar surface area (TPSA) is 75.7 Å². The molecule has 0 aromatic heterocycles. The highest BCUT2D eigenvalue weighted by atomic mass is 35.5. The van der Waals surface area contributed by atoms with E-state index in [2.05, 4.69) is 24.4 Å². The third kappa shape index (κ3) is 5.02. The van der Waals surface area contributed by atoms with E-state index >= 15 is 0 Å². The third-order valence-electron chi connectivity index (χ3n) is 6.40. The van der Waals surface area contributed by atoms with Crippen molar-refractivity contribution in [2.45, 2.75) is 51.7 Å². The van der Waals surface area contributed by atoms with Gasteiger partial charge in [0.05, 0.1) is 23.2 Å². The largest absolute Gasteiger partial charge is 0.476 e. The summed E-state index contributed by atoms with van der Waals surface area (Å²) >= 11 is 6.18. The van der Waals surface area contributed by atoms with Crippen molar-refractivity contribution in [3.8, 4) is 5.75 Å². The molecule has 3 aromatic carbocycles. The molecule has 0 fully saturated rings. The summed E-state index contributed by atoms with van der Waals surface area (Å²) in [6.07, 6.45) is -1.03. The first-order valence-electron chi connectivity index (χ1n) is 11.4. The molecule has 35 heavy (non-hydrogen) atoms. The monoisotopic (exact) mass is 512 g/mol. The Bertz CT molecular complexity index is 1390. The Morgan fingerprint density at radius 1 is 1.00 bits per heavy atom. The van der Waals surface area contributed by atoms with Crippen molar-refractivity contribution in [1.29, 1.82) is 0 Å². The van der Waals surface area contributed by atoms with Crippen LogP contribution in [0, 0.1) is 27.7 Å².